The Hall–Kier alpha value is -2.08. The highest BCUT2D eigenvalue weighted by molar-refractivity contribution is 5.78. The van der Waals surface area contributed by atoms with Gasteiger partial charge >= 0.3 is 6.03 Å². The topological polar surface area (TPSA) is 59.4 Å². The van der Waals surface area contributed by atoms with E-state index in [0.29, 0.717) is 18.5 Å². The van der Waals surface area contributed by atoms with Crippen LogP contribution in [0.3, 0.4) is 0 Å². The largest absolute Gasteiger partial charge is 0.376 e. The van der Waals surface area contributed by atoms with Crippen LogP contribution in [0.25, 0.3) is 11.0 Å². The van der Waals surface area contributed by atoms with Gasteiger partial charge in [0, 0.05) is 32.2 Å². The van der Waals surface area contributed by atoms with Crippen LogP contribution in [0.2, 0.25) is 0 Å². The number of carbonyl (C=O) groups excluding carboxylic acids is 1. The van der Waals surface area contributed by atoms with Crippen LogP contribution in [0.1, 0.15) is 43.5 Å². The van der Waals surface area contributed by atoms with Gasteiger partial charge in [-0.1, -0.05) is 12.1 Å². The van der Waals surface area contributed by atoms with Gasteiger partial charge in [-0.25, -0.2) is 9.78 Å². The Kier molecular flexibility index (Phi) is 3.66. The number of aromatic nitrogens is 2. The molecule has 5 rings (SSSR count). The zero-order valence-corrected chi connectivity index (χ0v) is 14.4. The molecule has 0 bridgehead atoms. The average molecular weight is 340 g/mol. The minimum Gasteiger partial charge on any atom is -0.376 e. The number of carbonyl (C=O) groups is 1. The third kappa shape index (κ3) is 2.78. The summed E-state index contributed by atoms with van der Waals surface area (Å²) in [6.07, 6.45) is 4.82. The van der Waals surface area contributed by atoms with Crippen molar-refractivity contribution in [2.24, 2.45) is 0 Å². The number of imidazole rings is 1. The first kappa shape index (κ1) is 15.2. The van der Waals surface area contributed by atoms with E-state index >= 15 is 0 Å². The molecule has 2 aromatic rings. The third-order valence-corrected chi connectivity index (χ3v) is 5.59. The maximum atomic E-state index is 12.3. The molecule has 25 heavy (non-hydrogen) atoms. The van der Waals surface area contributed by atoms with E-state index in [4.69, 9.17) is 9.72 Å². The van der Waals surface area contributed by atoms with E-state index in [1.54, 1.807) is 0 Å². The van der Waals surface area contributed by atoms with Crippen molar-refractivity contribution in [1.82, 2.24) is 19.8 Å². The summed E-state index contributed by atoms with van der Waals surface area (Å²) < 4.78 is 7.95. The SMILES string of the molecule is O=C(NCC1CCCO1)N1CC(n2c(C3CC3)nc3ccccc32)C1. The Morgan fingerprint density at radius 2 is 2.08 bits per heavy atom. The molecule has 0 radical (unpaired) electrons. The molecule has 2 amide bonds. The van der Waals surface area contributed by atoms with Crippen LogP contribution in [-0.4, -0.2) is 52.8 Å². The molecular weight excluding hydrogens is 316 g/mol. The summed E-state index contributed by atoms with van der Waals surface area (Å²) in [5, 5.41) is 3.02. The summed E-state index contributed by atoms with van der Waals surface area (Å²) in [4.78, 5) is 19.1. The monoisotopic (exact) mass is 340 g/mol. The van der Waals surface area contributed by atoms with Crippen molar-refractivity contribution in [1.29, 1.82) is 0 Å². The summed E-state index contributed by atoms with van der Waals surface area (Å²) in [5.74, 6) is 1.82. The minimum atomic E-state index is 0.0316. The molecule has 1 aromatic heterocycles. The fourth-order valence-corrected chi connectivity index (χ4v) is 3.98. The van der Waals surface area contributed by atoms with Crippen LogP contribution in [0.4, 0.5) is 4.79 Å². The quantitative estimate of drug-likeness (QED) is 0.931. The molecule has 6 heteroatoms. The fourth-order valence-electron chi connectivity index (χ4n) is 3.98. The van der Waals surface area contributed by atoms with Gasteiger partial charge in [0.1, 0.15) is 5.82 Å². The lowest BCUT2D eigenvalue weighted by Gasteiger charge is -2.40. The molecular formula is C19H24N4O2. The number of nitrogens with one attached hydrogen (secondary N) is 1. The van der Waals surface area contributed by atoms with Crippen LogP contribution in [0.5, 0.6) is 0 Å². The van der Waals surface area contributed by atoms with Crippen molar-refractivity contribution in [2.75, 3.05) is 26.2 Å². The highest BCUT2D eigenvalue weighted by atomic mass is 16.5. The molecule has 1 atom stereocenters. The molecule has 3 heterocycles. The van der Waals surface area contributed by atoms with Gasteiger partial charge in [-0.05, 0) is 37.8 Å². The Labute approximate surface area is 147 Å². The van der Waals surface area contributed by atoms with E-state index < -0.39 is 0 Å². The molecule has 1 saturated carbocycles. The second-order valence-corrected chi connectivity index (χ2v) is 7.48. The van der Waals surface area contributed by atoms with Crippen molar-refractivity contribution in [3.05, 3.63) is 30.1 Å². The van der Waals surface area contributed by atoms with E-state index in [-0.39, 0.29) is 12.1 Å². The number of benzene rings is 1. The van der Waals surface area contributed by atoms with E-state index in [2.05, 4.69) is 28.1 Å². The average Bonchev–Trinajstić information content (AvgIpc) is 3.16. The van der Waals surface area contributed by atoms with Gasteiger partial charge in [-0.3, -0.25) is 0 Å². The van der Waals surface area contributed by atoms with Gasteiger partial charge < -0.3 is 19.5 Å². The van der Waals surface area contributed by atoms with Gasteiger partial charge in [0.25, 0.3) is 0 Å². The third-order valence-electron chi connectivity index (χ3n) is 5.59. The number of hydrogen-bond acceptors (Lipinski definition) is 3. The first-order valence-electron chi connectivity index (χ1n) is 9.41. The van der Waals surface area contributed by atoms with E-state index in [1.165, 1.54) is 24.2 Å². The van der Waals surface area contributed by atoms with Gasteiger partial charge in [-0.2, -0.15) is 0 Å². The number of hydrogen-bond donors (Lipinski definition) is 1. The van der Waals surface area contributed by atoms with Crippen LogP contribution in [-0.2, 0) is 4.74 Å². The standard InChI is InChI=1S/C19H24N4O2/c24-19(20-10-15-4-3-9-25-15)22-11-14(12-22)23-17-6-2-1-5-16(17)21-18(23)13-7-8-13/h1-2,5-6,13-15H,3-4,7-12H2,(H,20,24). The summed E-state index contributed by atoms with van der Waals surface area (Å²) in [6.45, 7) is 2.97. The van der Waals surface area contributed by atoms with Gasteiger partial charge in [0.05, 0.1) is 23.2 Å². The van der Waals surface area contributed by atoms with Crippen LogP contribution in [0.15, 0.2) is 24.3 Å². The van der Waals surface area contributed by atoms with E-state index in [1.807, 2.05) is 11.0 Å². The van der Waals surface area contributed by atoms with Gasteiger partial charge in [-0.15, -0.1) is 0 Å². The second kappa shape index (κ2) is 6.02. The molecule has 3 fully saturated rings. The number of rotatable bonds is 4. The Balaban J connectivity index is 1.26. The molecule has 2 aliphatic heterocycles. The molecule has 1 unspecified atom stereocenters. The molecule has 1 N–H and O–H groups in total. The molecule has 1 aromatic carbocycles. The number of urea groups is 1. The van der Waals surface area contributed by atoms with Crippen molar-refractivity contribution in [2.45, 2.75) is 43.7 Å². The minimum absolute atomic E-state index is 0.0316. The summed E-state index contributed by atoms with van der Waals surface area (Å²) in [7, 11) is 0. The van der Waals surface area contributed by atoms with Gasteiger partial charge in [0.2, 0.25) is 0 Å². The molecule has 132 valence electrons. The van der Waals surface area contributed by atoms with Crippen molar-refractivity contribution in [3.63, 3.8) is 0 Å². The number of fused-ring (bicyclic) bond motifs is 1. The first-order valence-corrected chi connectivity index (χ1v) is 9.41. The van der Waals surface area contributed by atoms with E-state index in [9.17, 15) is 4.79 Å². The Morgan fingerprint density at radius 1 is 1.24 bits per heavy atom. The van der Waals surface area contributed by atoms with Crippen molar-refractivity contribution < 1.29 is 9.53 Å². The lowest BCUT2D eigenvalue weighted by Crippen LogP contribution is -2.55. The highest BCUT2D eigenvalue weighted by Crippen LogP contribution is 2.42. The fraction of sp³-hybridized carbons (Fsp3) is 0.579. The summed E-state index contributed by atoms with van der Waals surface area (Å²) in [5.41, 5.74) is 2.28. The highest BCUT2D eigenvalue weighted by Gasteiger charge is 2.38. The van der Waals surface area contributed by atoms with Crippen molar-refractivity contribution >= 4 is 17.1 Å². The normalized spacial score (nSPS) is 23.8. The predicted molar refractivity (Wildman–Crippen MR) is 94.7 cm³/mol. The van der Waals surface area contributed by atoms with Crippen molar-refractivity contribution in [3.8, 4) is 0 Å². The molecule has 2 saturated heterocycles. The molecule has 3 aliphatic rings. The zero-order valence-electron chi connectivity index (χ0n) is 14.4. The maximum absolute atomic E-state index is 12.3. The lowest BCUT2D eigenvalue weighted by molar-refractivity contribution is 0.0987. The summed E-state index contributed by atoms with van der Waals surface area (Å²) >= 11 is 0. The smallest absolute Gasteiger partial charge is 0.317 e. The number of nitrogens with zero attached hydrogens (tertiary/aromatic N) is 3. The Morgan fingerprint density at radius 3 is 2.84 bits per heavy atom. The summed E-state index contributed by atoms with van der Waals surface area (Å²) in [6, 6.07) is 8.72. The number of ether oxygens (including phenoxy) is 1. The zero-order chi connectivity index (χ0) is 16.8. The maximum Gasteiger partial charge on any atom is 0.317 e. The second-order valence-electron chi connectivity index (χ2n) is 7.48. The van der Waals surface area contributed by atoms with E-state index in [0.717, 1.165) is 38.1 Å². The van der Waals surface area contributed by atoms with Crippen LogP contribution >= 0.6 is 0 Å². The lowest BCUT2D eigenvalue weighted by atomic mass is 10.1. The predicted octanol–water partition coefficient (Wildman–Crippen LogP) is 2.66. The number of likely N-dealkylation sites (tertiary alicyclic amines) is 1. The van der Waals surface area contributed by atoms with Gasteiger partial charge in [0.15, 0.2) is 0 Å². The number of amides is 2. The Bertz CT molecular complexity index is 786. The molecule has 1 aliphatic carbocycles. The number of para-hydroxylation sites is 2. The molecule has 0 spiro atoms. The van der Waals surface area contributed by atoms with Crippen LogP contribution < -0.4 is 5.32 Å². The van der Waals surface area contributed by atoms with Crippen LogP contribution in [0, 0.1) is 0 Å². The molecule has 6 nitrogen and oxygen atoms in total. The first-order chi connectivity index (χ1) is 12.3.